The van der Waals surface area contributed by atoms with Gasteiger partial charge in [0.05, 0.1) is 11.8 Å². The lowest BCUT2D eigenvalue weighted by molar-refractivity contribution is -0.130. The summed E-state index contributed by atoms with van der Waals surface area (Å²) in [5, 5.41) is 8.84. The number of benzene rings is 1. The van der Waals surface area contributed by atoms with Gasteiger partial charge in [0.2, 0.25) is 5.91 Å². The molecule has 5 nitrogen and oxygen atoms in total. The second kappa shape index (κ2) is 6.93. The highest BCUT2D eigenvalue weighted by atomic mass is 16.4. The van der Waals surface area contributed by atoms with Crippen LogP contribution < -0.4 is 0 Å². The first-order valence-electron chi connectivity index (χ1n) is 7.06. The van der Waals surface area contributed by atoms with Crippen LogP contribution in [0.25, 0.3) is 0 Å². The lowest BCUT2D eigenvalue weighted by atomic mass is 10.1. The average molecular weight is 301 g/mol. The highest BCUT2D eigenvalue weighted by molar-refractivity contribution is 5.87. The van der Waals surface area contributed by atoms with E-state index in [-0.39, 0.29) is 11.5 Å². The monoisotopic (exact) mass is 301 g/mol. The first-order chi connectivity index (χ1) is 10.5. The van der Waals surface area contributed by atoms with Crippen LogP contribution in [0.4, 0.5) is 0 Å². The number of carbonyl (C=O) groups excluding carboxylic acids is 1. The molecule has 0 fully saturated rings. The second-order valence-corrected chi connectivity index (χ2v) is 5.25. The van der Waals surface area contributed by atoms with Crippen LogP contribution in [0.3, 0.4) is 0 Å². The normalized spacial score (nSPS) is 10.5. The maximum atomic E-state index is 12.1. The van der Waals surface area contributed by atoms with E-state index < -0.39 is 5.97 Å². The van der Waals surface area contributed by atoms with Crippen molar-refractivity contribution in [3.63, 3.8) is 0 Å². The number of hydrogen-bond acceptors (Lipinski definition) is 3. The Morgan fingerprint density at radius 1 is 1.18 bits per heavy atom. The molecule has 5 heteroatoms. The first-order valence-corrected chi connectivity index (χ1v) is 7.06. The Kier molecular flexibility index (Phi) is 4.99. The maximum absolute atomic E-state index is 12.1. The van der Waals surface area contributed by atoms with E-state index in [2.05, 4.69) is 0 Å². The number of aryl methyl sites for hydroxylation is 2. The zero-order chi connectivity index (χ0) is 16.1. The lowest BCUT2D eigenvalue weighted by Crippen LogP contribution is -2.26. The fourth-order valence-corrected chi connectivity index (χ4v) is 2.18. The molecule has 0 spiro atoms. The Labute approximate surface area is 129 Å². The molecule has 0 bridgehead atoms. The highest BCUT2D eigenvalue weighted by Crippen LogP contribution is 2.13. The van der Waals surface area contributed by atoms with Crippen molar-refractivity contribution in [2.45, 2.75) is 26.3 Å². The number of furan rings is 1. The molecular weight excluding hydrogens is 282 g/mol. The number of amides is 1. The number of carboxylic acids is 1. The van der Waals surface area contributed by atoms with Gasteiger partial charge in [0.1, 0.15) is 5.76 Å². The molecule has 0 saturated carbocycles. The molecule has 0 radical (unpaired) electrons. The van der Waals surface area contributed by atoms with Gasteiger partial charge in [-0.2, -0.15) is 0 Å². The van der Waals surface area contributed by atoms with Crippen LogP contribution in [0.5, 0.6) is 0 Å². The van der Waals surface area contributed by atoms with E-state index in [4.69, 9.17) is 9.52 Å². The molecule has 1 N–H and O–H groups in total. The van der Waals surface area contributed by atoms with E-state index >= 15 is 0 Å². The van der Waals surface area contributed by atoms with Crippen LogP contribution in [0.2, 0.25) is 0 Å². The Morgan fingerprint density at radius 2 is 1.86 bits per heavy atom. The summed E-state index contributed by atoms with van der Waals surface area (Å²) in [6.07, 6.45) is 2.60. The summed E-state index contributed by atoms with van der Waals surface area (Å²) in [5.74, 6) is -0.0790. The van der Waals surface area contributed by atoms with Crippen molar-refractivity contribution in [3.05, 3.63) is 59.0 Å². The predicted octanol–water partition coefficient (Wildman–Crippen LogP) is 2.88. The summed E-state index contributed by atoms with van der Waals surface area (Å²) in [4.78, 5) is 24.6. The van der Waals surface area contributed by atoms with E-state index in [0.717, 1.165) is 16.9 Å². The fourth-order valence-electron chi connectivity index (χ4n) is 2.18. The molecule has 22 heavy (non-hydrogen) atoms. The van der Waals surface area contributed by atoms with Gasteiger partial charge < -0.3 is 14.4 Å². The summed E-state index contributed by atoms with van der Waals surface area (Å²) in [6, 6.07) is 8.47. The molecule has 2 rings (SSSR count). The average Bonchev–Trinajstić information content (AvgIpc) is 2.90. The van der Waals surface area contributed by atoms with Crippen molar-refractivity contribution >= 4 is 11.9 Å². The summed E-state index contributed by atoms with van der Waals surface area (Å²) in [5.41, 5.74) is 2.20. The fraction of sp³-hybridized carbons (Fsp3) is 0.294. The quantitative estimate of drug-likeness (QED) is 0.890. The number of carbonyl (C=O) groups is 2. The van der Waals surface area contributed by atoms with Gasteiger partial charge in [0.25, 0.3) is 0 Å². The SMILES string of the molecule is Cc1occc1CN(C)C(=O)CCc1ccc(C(=O)O)cc1. The zero-order valence-electron chi connectivity index (χ0n) is 12.7. The number of rotatable bonds is 6. The number of aromatic carboxylic acids is 1. The standard InChI is InChI=1S/C17H19NO4/c1-12-15(9-10-22-12)11-18(2)16(19)8-5-13-3-6-14(7-4-13)17(20)21/h3-4,6-7,9-10H,5,8,11H2,1-2H3,(H,20,21). The Morgan fingerprint density at radius 3 is 2.41 bits per heavy atom. The minimum Gasteiger partial charge on any atom is -0.478 e. The van der Waals surface area contributed by atoms with Crippen LogP contribution in [-0.4, -0.2) is 28.9 Å². The Balaban J connectivity index is 1.86. The van der Waals surface area contributed by atoms with Crippen molar-refractivity contribution < 1.29 is 19.1 Å². The van der Waals surface area contributed by atoms with Crippen LogP contribution in [0.1, 0.15) is 33.7 Å². The van der Waals surface area contributed by atoms with Crippen molar-refractivity contribution in [2.75, 3.05) is 7.05 Å². The van der Waals surface area contributed by atoms with Gasteiger partial charge in [-0.25, -0.2) is 4.79 Å². The van der Waals surface area contributed by atoms with E-state index in [0.29, 0.717) is 19.4 Å². The molecule has 1 heterocycles. The smallest absolute Gasteiger partial charge is 0.335 e. The third-order valence-corrected chi connectivity index (χ3v) is 3.63. The molecule has 116 valence electrons. The minimum atomic E-state index is -0.946. The predicted molar refractivity (Wildman–Crippen MR) is 81.6 cm³/mol. The third kappa shape index (κ3) is 3.97. The highest BCUT2D eigenvalue weighted by Gasteiger charge is 2.12. The first kappa shape index (κ1) is 15.8. The molecule has 0 aliphatic rings. The molecule has 0 aliphatic heterocycles. The van der Waals surface area contributed by atoms with E-state index in [1.165, 1.54) is 0 Å². The summed E-state index contributed by atoms with van der Waals surface area (Å²) < 4.78 is 5.22. The summed E-state index contributed by atoms with van der Waals surface area (Å²) >= 11 is 0. The third-order valence-electron chi connectivity index (χ3n) is 3.63. The number of nitrogens with zero attached hydrogens (tertiary/aromatic N) is 1. The second-order valence-electron chi connectivity index (χ2n) is 5.25. The van der Waals surface area contributed by atoms with Gasteiger partial charge in [-0.15, -0.1) is 0 Å². The Bertz CT molecular complexity index is 658. The molecular formula is C17H19NO4. The topological polar surface area (TPSA) is 70.8 Å². The molecule has 1 aromatic heterocycles. The van der Waals surface area contributed by atoms with Crippen LogP contribution >= 0.6 is 0 Å². The summed E-state index contributed by atoms with van der Waals surface area (Å²) in [7, 11) is 1.77. The van der Waals surface area contributed by atoms with Crippen LogP contribution in [-0.2, 0) is 17.8 Å². The van der Waals surface area contributed by atoms with Crippen LogP contribution in [0.15, 0.2) is 41.0 Å². The van der Waals surface area contributed by atoms with Crippen molar-refractivity contribution in [1.82, 2.24) is 4.90 Å². The van der Waals surface area contributed by atoms with Gasteiger partial charge in [0.15, 0.2) is 0 Å². The van der Waals surface area contributed by atoms with E-state index in [9.17, 15) is 9.59 Å². The van der Waals surface area contributed by atoms with Crippen molar-refractivity contribution in [3.8, 4) is 0 Å². The molecule has 1 aromatic carbocycles. The minimum absolute atomic E-state index is 0.0444. The molecule has 2 aromatic rings. The zero-order valence-corrected chi connectivity index (χ0v) is 12.7. The van der Waals surface area contributed by atoms with E-state index in [1.54, 1.807) is 42.5 Å². The van der Waals surface area contributed by atoms with Gasteiger partial charge >= 0.3 is 5.97 Å². The van der Waals surface area contributed by atoms with Gasteiger partial charge in [0, 0.05) is 25.6 Å². The number of hydrogen-bond donors (Lipinski definition) is 1. The molecule has 0 unspecified atom stereocenters. The largest absolute Gasteiger partial charge is 0.478 e. The Hall–Kier alpha value is -2.56. The van der Waals surface area contributed by atoms with Gasteiger partial charge in [-0.3, -0.25) is 4.79 Å². The molecule has 0 aliphatic carbocycles. The van der Waals surface area contributed by atoms with Gasteiger partial charge in [-0.05, 0) is 37.1 Å². The number of carboxylic acid groups (broad SMARTS) is 1. The lowest BCUT2D eigenvalue weighted by Gasteiger charge is -2.16. The molecule has 0 saturated heterocycles. The van der Waals surface area contributed by atoms with Crippen LogP contribution in [0, 0.1) is 6.92 Å². The van der Waals surface area contributed by atoms with Gasteiger partial charge in [-0.1, -0.05) is 12.1 Å². The molecule has 0 atom stereocenters. The molecule has 1 amide bonds. The van der Waals surface area contributed by atoms with Crippen molar-refractivity contribution in [2.24, 2.45) is 0 Å². The van der Waals surface area contributed by atoms with Crippen molar-refractivity contribution in [1.29, 1.82) is 0 Å². The summed E-state index contributed by atoms with van der Waals surface area (Å²) in [6.45, 7) is 2.40. The van der Waals surface area contributed by atoms with E-state index in [1.807, 2.05) is 13.0 Å². The maximum Gasteiger partial charge on any atom is 0.335 e.